The molecule has 1 fully saturated rings. The lowest BCUT2D eigenvalue weighted by molar-refractivity contribution is -0.0400. The summed E-state index contributed by atoms with van der Waals surface area (Å²) in [6, 6.07) is 30.4. The van der Waals surface area contributed by atoms with Gasteiger partial charge in [0.25, 0.3) is 0 Å². The lowest BCUT2D eigenvalue weighted by Crippen LogP contribution is -2.46. The zero-order chi connectivity index (χ0) is 23.8. The van der Waals surface area contributed by atoms with Crippen LogP contribution >= 0.6 is 0 Å². The Labute approximate surface area is 203 Å². The molecule has 4 aromatic rings. The average molecular weight is 467 g/mol. The standard InChI is InChI=1S/C28H26N4O3/c1-20-24-17-31-25(18-32(24)30-29-20)26(35-27(31)33)19-34-28(21-11-5-2-6-12-21,22-13-7-3-8-14-22)23-15-9-4-10-16-23/h2-16,25-26H,17-19H2,1H3/t25-,26-/m1/s1. The third kappa shape index (κ3) is 3.59. The van der Waals surface area contributed by atoms with Crippen LogP contribution in [0.2, 0.25) is 0 Å². The third-order valence-electron chi connectivity index (χ3n) is 7.03. The van der Waals surface area contributed by atoms with E-state index in [9.17, 15) is 4.79 Å². The summed E-state index contributed by atoms with van der Waals surface area (Å²) in [7, 11) is 0. The van der Waals surface area contributed by atoms with Crippen molar-refractivity contribution in [1.29, 1.82) is 0 Å². The van der Waals surface area contributed by atoms with Crippen LogP contribution in [-0.2, 0) is 28.2 Å². The van der Waals surface area contributed by atoms with E-state index in [1.807, 2.05) is 66.2 Å². The second-order valence-electron chi connectivity index (χ2n) is 9.01. The molecule has 3 aromatic carbocycles. The molecule has 2 atom stereocenters. The van der Waals surface area contributed by atoms with E-state index in [1.165, 1.54) is 0 Å². The van der Waals surface area contributed by atoms with Crippen LogP contribution in [0.1, 0.15) is 28.1 Å². The lowest BCUT2D eigenvalue weighted by atomic mass is 9.80. The van der Waals surface area contributed by atoms with Gasteiger partial charge in [-0.3, -0.25) is 4.90 Å². The van der Waals surface area contributed by atoms with Gasteiger partial charge in [-0.15, -0.1) is 5.10 Å². The van der Waals surface area contributed by atoms with E-state index in [1.54, 1.807) is 4.90 Å². The number of amides is 1. The van der Waals surface area contributed by atoms with Gasteiger partial charge >= 0.3 is 6.09 Å². The van der Waals surface area contributed by atoms with Gasteiger partial charge in [-0.25, -0.2) is 9.48 Å². The van der Waals surface area contributed by atoms with Crippen LogP contribution in [0.4, 0.5) is 4.79 Å². The van der Waals surface area contributed by atoms with Gasteiger partial charge in [-0.1, -0.05) is 96.2 Å². The van der Waals surface area contributed by atoms with Gasteiger partial charge < -0.3 is 9.47 Å². The highest BCUT2D eigenvalue weighted by atomic mass is 16.6. The summed E-state index contributed by atoms with van der Waals surface area (Å²) in [6.45, 7) is 3.12. The average Bonchev–Trinajstić information content (AvgIpc) is 3.44. The minimum atomic E-state index is -0.868. The molecule has 35 heavy (non-hydrogen) atoms. The van der Waals surface area contributed by atoms with Crippen molar-refractivity contribution in [2.45, 2.75) is 37.8 Å². The molecule has 6 rings (SSSR count). The van der Waals surface area contributed by atoms with Crippen LogP contribution in [0.25, 0.3) is 0 Å². The number of cyclic esters (lactones) is 1. The number of fused-ring (bicyclic) bond motifs is 2. The number of rotatable bonds is 6. The molecule has 1 amide bonds. The number of benzene rings is 3. The van der Waals surface area contributed by atoms with Crippen molar-refractivity contribution in [2.75, 3.05) is 6.61 Å². The van der Waals surface area contributed by atoms with Crippen molar-refractivity contribution in [3.8, 4) is 0 Å². The summed E-state index contributed by atoms with van der Waals surface area (Å²) in [4.78, 5) is 14.6. The highest BCUT2D eigenvalue weighted by molar-refractivity contribution is 5.71. The van der Waals surface area contributed by atoms with Crippen LogP contribution in [0.3, 0.4) is 0 Å². The molecule has 2 aliphatic heterocycles. The largest absolute Gasteiger partial charge is 0.441 e. The maximum Gasteiger partial charge on any atom is 0.411 e. The molecule has 0 spiro atoms. The molecule has 0 N–H and O–H groups in total. The molecular formula is C28H26N4O3. The first kappa shape index (κ1) is 21.6. The highest BCUT2D eigenvalue weighted by Gasteiger charge is 2.47. The fraction of sp³-hybridized carbons (Fsp3) is 0.250. The molecule has 1 saturated heterocycles. The second-order valence-corrected chi connectivity index (χ2v) is 9.01. The third-order valence-corrected chi connectivity index (χ3v) is 7.03. The van der Waals surface area contributed by atoms with Crippen molar-refractivity contribution >= 4 is 6.09 Å². The Balaban J connectivity index is 1.39. The minimum absolute atomic E-state index is 0.170. The van der Waals surface area contributed by atoms with Crippen LogP contribution in [0.15, 0.2) is 91.0 Å². The maximum atomic E-state index is 12.8. The summed E-state index contributed by atoms with van der Waals surface area (Å²) in [5.74, 6) is 0. The van der Waals surface area contributed by atoms with E-state index in [4.69, 9.17) is 9.47 Å². The van der Waals surface area contributed by atoms with Crippen molar-refractivity contribution in [2.24, 2.45) is 0 Å². The van der Waals surface area contributed by atoms with Crippen LogP contribution in [0, 0.1) is 6.92 Å². The zero-order valence-corrected chi connectivity index (χ0v) is 19.4. The van der Waals surface area contributed by atoms with Gasteiger partial charge in [0, 0.05) is 0 Å². The Hall–Kier alpha value is -3.97. The van der Waals surface area contributed by atoms with Crippen molar-refractivity contribution < 1.29 is 14.3 Å². The number of carbonyl (C=O) groups excluding carboxylic acids is 1. The maximum absolute atomic E-state index is 12.8. The van der Waals surface area contributed by atoms with Crippen molar-refractivity contribution in [1.82, 2.24) is 19.9 Å². The monoisotopic (exact) mass is 466 g/mol. The first-order valence-electron chi connectivity index (χ1n) is 11.8. The van der Waals surface area contributed by atoms with Gasteiger partial charge in [0.1, 0.15) is 11.7 Å². The van der Waals surface area contributed by atoms with E-state index in [2.05, 4.69) is 46.7 Å². The molecule has 176 valence electrons. The predicted molar refractivity (Wildman–Crippen MR) is 130 cm³/mol. The molecule has 0 unspecified atom stereocenters. The van der Waals surface area contributed by atoms with Crippen molar-refractivity contribution in [3.05, 3.63) is 119 Å². The van der Waals surface area contributed by atoms with Gasteiger partial charge in [0.15, 0.2) is 0 Å². The normalized spacial score (nSPS) is 19.2. The Morgan fingerprint density at radius 1 is 0.914 bits per heavy atom. The minimum Gasteiger partial charge on any atom is -0.441 e. The number of hydrogen-bond donors (Lipinski definition) is 0. The lowest BCUT2D eigenvalue weighted by Gasteiger charge is -2.37. The van der Waals surface area contributed by atoms with E-state index >= 15 is 0 Å². The first-order chi connectivity index (χ1) is 17.2. The smallest absolute Gasteiger partial charge is 0.411 e. The van der Waals surface area contributed by atoms with Gasteiger partial charge in [0.2, 0.25) is 0 Å². The highest BCUT2D eigenvalue weighted by Crippen LogP contribution is 2.41. The first-order valence-corrected chi connectivity index (χ1v) is 11.8. The van der Waals surface area contributed by atoms with Crippen LogP contribution < -0.4 is 0 Å². The fourth-order valence-corrected chi connectivity index (χ4v) is 5.23. The quantitative estimate of drug-likeness (QED) is 0.397. The van der Waals surface area contributed by atoms with E-state index in [0.717, 1.165) is 28.1 Å². The molecule has 7 heteroatoms. The van der Waals surface area contributed by atoms with E-state index < -0.39 is 11.7 Å². The topological polar surface area (TPSA) is 69.5 Å². The Morgan fingerprint density at radius 2 is 1.46 bits per heavy atom. The summed E-state index contributed by atoms with van der Waals surface area (Å²) >= 11 is 0. The van der Waals surface area contributed by atoms with Crippen molar-refractivity contribution in [3.63, 3.8) is 0 Å². The molecule has 2 aliphatic rings. The molecule has 0 saturated carbocycles. The molecule has 7 nitrogen and oxygen atoms in total. The van der Waals surface area contributed by atoms with Gasteiger partial charge in [-0.2, -0.15) is 0 Å². The summed E-state index contributed by atoms with van der Waals surface area (Å²) in [5, 5.41) is 8.44. The van der Waals surface area contributed by atoms with Crippen LogP contribution in [0.5, 0.6) is 0 Å². The summed E-state index contributed by atoms with van der Waals surface area (Å²) < 4.78 is 14.6. The van der Waals surface area contributed by atoms with Crippen LogP contribution in [-0.4, -0.2) is 44.7 Å². The number of aryl methyl sites for hydroxylation is 1. The Kier molecular flexibility index (Phi) is 5.34. The number of carbonyl (C=O) groups is 1. The predicted octanol–water partition coefficient (Wildman–Crippen LogP) is 4.30. The SMILES string of the molecule is Cc1nnn2c1CN1C(=O)O[C@H](COC(c3ccccc3)(c3ccccc3)c3ccccc3)[C@H]1C2. The molecule has 0 radical (unpaired) electrons. The zero-order valence-electron chi connectivity index (χ0n) is 19.4. The number of aromatic nitrogens is 3. The molecule has 0 aliphatic carbocycles. The molecule has 0 bridgehead atoms. The second kappa shape index (κ2) is 8.67. The number of ether oxygens (including phenoxy) is 2. The molecular weight excluding hydrogens is 440 g/mol. The molecule has 1 aromatic heterocycles. The summed E-state index contributed by atoms with van der Waals surface area (Å²) in [5.41, 5.74) is 3.95. The van der Waals surface area contributed by atoms with Gasteiger partial charge in [0.05, 0.1) is 37.1 Å². The van der Waals surface area contributed by atoms with E-state index in [0.29, 0.717) is 13.1 Å². The van der Waals surface area contributed by atoms with E-state index in [-0.39, 0.29) is 18.7 Å². The Morgan fingerprint density at radius 3 is 2.00 bits per heavy atom. The Bertz CT molecular complexity index is 1230. The summed E-state index contributed by atoms with van der Waals surface area (Å²) in [6.07, 6.45) is -0.754. The number of hydrogen-bond acceptors (Lipinski definition) is 5. The van der Waals surface area contributed by atoms with Gasteiger partial charge in [-0.05, 0) is 23.6 Å². The fourth-order valence-electron chi connectivity index (χ4n) is 5.23. The number of nitrogens with zero attached hydrogens (tertiary/aromatic N) is 4. The molecule has 3 heterocycles.